The predicted octanol–water partition coefficient (Wildman–Crippen LogP) is 1.95. The summed E-state index contributed by atoms with van der Waals surface area (Å²) in [6.07, 6.45) is 10.8. The molecule has 2 heterocycles. The minimum atomic E-state index is -0.333. The third kappa shape index (κ3) is 0.902. The van der Waals surface area contributed by atoms with E-state index < -0.39 is 0 Å². The van der Waals surface area contributed by atoms with Crippen LogP contribution in [0.25, 0.3) is 0 Å². The summed E-state index contributed by atoms with van der Waals surface area (Å²) in [5.74, 6) is 2.42. The van der Waals surface area contributed by atoms with Crippen molar-refractivity contribution >= 4 is 0 Å². The summed E-state index contributed by atoms with van der Waals surface area (Å²) in [6.45, 7) is 1.09. The van der Waals surface area contributed by atoms with Gasteiger partial charge in [-0.3, -0.25) is 0 Å². The van der Waals surface area contributed by atoms with Crippen molar-refractivity contribution in [3.8, 4) is 0 Å². The van der Waals surface area contributed by atoms with Gasteiger partial charge in [0.1, 0.15) is 11.6 Å². The standard InChI is InChI=1S/C16H21N3O/c20-16-8-13(6-14(7-13)9-15(14,16)10-16)12-18-17-11-4-2-1-3-5-19(11)12/h20H,1-10H2. The van der Waals surface area contributed by atoms with E-state index in [2.05, 4.69) is 14.8 Å². The van der Waals surface area contributed by atoms with E-state index in [-0.39, 0.29) is 11.0 Å². The Morgan fingerprint density at radius 3 is 2.70 bits per heavy atom. The SMILES string of the molecule is OC12CC3(c4nnc5n4CCCCC5)CC4(C3)CC14C2. The quantitative estimate of drug-likeness (QED) is 0.849. The lowest BCUT2D eigenvalue weighted by Gasteiger charge is -2.53. The summed E-state index contributed by atoms with van der Waals surface area (Å²) in [7, 11) is 0. The van der Waals surface area contributed by atoms with Crippen LogP contribution in [-0.2, 0) is 18.4 Å². The van der Waals surface area contributed by atoms with Gasteiger partial charge in [-0.25, -0.2) is 0 Å². The first-order valence-corrected chi connectivity index (χ1v) is 8.27. The molecule has 0 amide bonds. The van der Waals surface area contributed by atoms with Crippen LogP contribution < -0.4 is 0 Å². The van der Waals surface area contributed by atoms with Gasteiger partial charge in [0, 0.05) is 23.8 Å². The molecular weight excluding hydrogens is 250 g/mol. The molecule has 6 aliphatic rings. The first kappa shape index (κ1) is 10.8. The summed E-state index contributed by atoms with van der Waals surface area (Å²) in [5.41, 5.74) is 0.710. The van der Waals surface area contributed by atoms with Crippen molar-refractivity contribution in [2.24, 2.45) is 10.8 Å². The molecule has 0 radical (unpaired) electrons. The van der Waals surface area contributed by atoms with Crippen LogP contribution in [0.3, 0.4) is 0 Å². The fourth-order valence-corrected chi connectivity index (χ4v) is 6.63. The molecule has 106 valence electrons. The highest BCUT2D eigenvalue weighted by Crippen LogP contribution is 2.97. The molecule has 2 unspecified atom stereocenters. The number of hydrogen-bond donors (Lipinski definition) is 1. The maximum atomic E-state index is 10.8. The zero-order valence-corrected chi connectivity index (χ0v) is 11.9. The molecule has 2 bridgehead atoms. The average Bonchev–Trinajstić information content (AvgIpc) is 3.16. The lowest BCUT2D eigenvalue weighted by molar-refractivity contribution is -0.0443. The highest BCUT2D eigenvalue weighted by molar-refractivity contribution is 5.48. The van der Waals surface area contributed by atoms with E-state index in [1.54, 1.807) is 0 Å². The summed E-state index contributed by atoms with van der Waals surface area (Å²) in [4.78, 5) is 0. The second-order valence-electron chi connectivity index (χ2n) is 8.46. The smallest absolute Gasteiger partial charge is 0.139 e. The summed E-state index contributed by atoms with van der Waals surface area (Å²) < 4.78 is 2.42. The fraction of sp³-hybridized carbons (Fsp3) is 0.875. The molecule has 2 atom stereocenters. The lowest BCUT2D eigenvalue weighted by Crippen LogP contribution is -2.53. The number of aliphatic hydroxyl groups is 1. The highest BCUT2D eigenvalue weighted by Gasteiger charge is 2.95. The molecule has 7 rings (SSSR count). The van der Waals surface area contributed by atoms with Gasteiger partial charge < -0.3 is 9.67 Å². The van der Waals surface area contributed by atoms with E-state index in [1.165, 1.54) is 50.2 Å². The monoisotopic (exact) mass is 271 g/mol. The molecule has 0 aromatic carbocycles. The normalized spacial score (nSPS) is 54.0. The highest BCUT2D eigenvalue weighted by atomic mass is 16.3. The molecule has 2 spiro atoms. The first-order chi connectivity index (χ1) is 9.62. The van der Waals surface area contributed by atoms with Crippen molar-refractivity contribution in [3.05, 3.63) is 11.6 Å². The van der Waals surface area contributed by atoms with Gasteiger partial charge >= 0.3 is 0 Å². The van der Waals surface area contributed by atoms with E-state index in [4.69, 9.17) is 0 Å². The van der Waals surface area contributed by atoms with Gasteiger partial charge in [0.25, 0.3) is 0 Å². The van der Waals surface area contributed by atoms with Crippen molar-refractivity contribution < 1.29 is 5.11 Å². The Bertz CT molecular complexity index is 632. The molecule has 5 aliphatic carbocycles. The number of aryl methyl sites for hydroxylation is 1. The minimum absolute atomic E-state index is 0.167. The van der Waals surface area contributed by atoms with Crippen molar-refractivity contribution in [2.75, 3.05) is 0 Å². The van der Waals surface area contributed by atoms with Gasteiger partial charge in [-0.05, 0) is 50.4 Å². The number of hydrogen-bond acceptors (Lipinski definition) is 3. The maximum absolute atomic E-state index is 10.8. The third-order valence-corrected chi connectivity index (χ3v) is 7.46. The van der Waals surface area contributed by atoms with Gasteiger partial charge in [-0.2, -0.15) is 0 Å². The second-order valence-corrected chi connectivity index (χ2v) is 8.46. The molecule has 5 fully saturated rings. The Morgan fingerprint density at radius 2 is 1.85 bits per heavy atom. The summed E-state index contributed by atoms with van der Waals surface area (Å²) >= 11 is 0. The van der Waals surface area contributed by atoms with Crippen LogP contribution in [0.1, 0.15) is 63.0 Å². The molecule has 1 aromatic heterocycles. The largest absolute Gasteiger partial charge is 0.389 e. The van der Waals surface area contributed by atoms with Gasteiger partial charge in [-0.15, -0.1) is 10.2 Å². The summed E-state index contributed by atoms with van der Waals surface area (Å²) in [6, 6.07) is 0. The zero-order valence-electron chi connectivity index (χ0n) is 11.9. The Hall–Kier alpha value is -0.900. The number of fused-ring (bicyclic) bond motifs is 1. The van der Waals surface area contributed by atoms with Crippen LogP contribution >= 0.6 is 0 Å². The topological polar surface area (TPSA) is 50.9 Å². The van der Waals surface area contributed by atoms with Gasteiger partial charge in [-0.1, -0.05) is 6.42 Å². The Kier molecular flexibility index (Phi) is 1.47. The van der Waals surface area contributed by atoms with Crippen LogP contribution in [0.4, 0.5) is 0 Å². The van der Waals surface area contributed by atoms with Gasteiger partial charge in [0.05, 0.1) is 5.60 Å². The molecule has 4 nitrogen and oxygen atoms in total. The van der Waals surface area contributed by atoms with Crippen molar-refractivity contribution in [1.82, 2.24) is 14.8 Å². The van der Waals surface area contributed by atoms with Crippen molar-refractivity contribution in [2.45, 2.75) is 75.3 Å². The summed E-state index contributed by atoms with van der Waals surface area (Å²) in [5, 5.41) is 19.9. The van der Waals surface area contributed by atoms with E-state index in [0.717, 1.165) is 25.8 Å². The lowest BCUT2D eigenvalue weighted by atomic mass is 9.52. The van der Waals surface area contributed by atoms with Crippen LogP contribution in [0.5, 0.6) is 0 Å². The van der Waals surface area contributed by atoms with Crippen LogP contribution in [-0.4, -0.2) is 25.5 Å². The molecular formula is C16H21N3O. The fourth-order valence-electron chi connectivity index (χ4n) is 6.63. The third-order valence-electron chi connectivity index (χ3n) is 7.46. The van der Waals surface area contributed by atoms with Crippen molar-refractivity contribution in [3.63, 3.8) is 0 Å². The predicted molar refractivity (Wildman–Crippen MR) is 72.2 cm³/mol. The molecule has 1 aliphatic heterocycles. The first-order valence-electron chi connectivity index (χ1n) is 8.27. The Balaban J connectivity index is 1.45. The number of aromatic nitrogens is 3. The van der Waals surface area contributed by atoms with E-state index in [1.807, 2.05) is 0 Å². The van der Waals surface area contributed by atoms with E-state index >= 15 is 0 Å². The number of rotatable bonds is 1. The Labute approximate surface area is 118 Å². The molecule has 4 heteroatoms. The van der Waals surface area contributed by atoms with E-state index in [9.17, 15) is 5.11 Å². The van der Waals surface area contributed by atoms with Gasteiger partial charge in [0.2, 0.25) is 0 Å². The zero-order chi connectivity index (χ0) is 13.2. The molecule has 1 aromatic rings. The van der Waals surface area contributed by atoms with Gasteiger partial charge in [0.15, 0.2) is 0 Å². The van der Waals surface area contributed by atoms with E-state index in [0.29, 0.717) is 10.8 Å². The molecule has 0 saturated heterocycles. The molecule has 1 N–H and O–H groups in total. The van der Waals surface area contributed by atoms with Crippen molar-refractivity contribution in [1.29, 1.82) is 0 Å². The maximum Gasteiger partial charge on any atom is 0.139 e. The second kappa shape index (κ2) is 2.72. The Morgan fingerprint density at radius 1 is 0.950 bits per heavy atom. The molecule has 20 heavy (non-hydrogen) atoms. The number of nitrogens with zero attached hydrogens (tertiary/aromatic N) is 3. The van der Waals surface area contributed by atoms with Crippen LogP contribution in [0.15, 0.2) is 0 Å². The van der Waals surface area contributed by atoms with Crippen LogP contribution in [0.2, 0.25) is 0 Å². The average molecular weight is 271 g/mol. The van der Waals surface area contributed by atoms with Crippen LogP contribution in [0, 0.1) is 10.8 Å². The molecule has 5 saturated carbocycles. The minimum Gasteiger partial charge on any atom is -0.389 e.